The topological polar surface area (TPSA) is 66.0 Å². The molecule has 0 saturated heterocycles. The largest absolute Gasteiger partial charge is 0.378 e. The molecule has 0 aromatic rings. The minimum Gasteiger partial charge on any atom is -0.378 e. The Morgan fingerprint density at radius 1 is 0.792 bits per heavy atom. The van der Waals surface area contributed by atoms with Gasteiger partial charge in [-0.1, -0.05) is 43.4 Å². The summed E-state index contributed by atoms with van der Waals surface area (Å²) in [7, 11) is 0. The van der Waals surface area contributed by atoms with Crippen LogP contribution in [0.4, 0.5) is 0 Å². The molecular formula is C17H34INO5. The quantitative estimate of drug-likeness (QED) is 0.176. The maximum atomic E-state index is 11.6. The van der Waals surface area contributed by atoms with Gasteiger partial charge >= 0.3 is 0 Å². The fourth-order valence-electron chi connectivity index (χ4n) is 1.46. The van der Waals surface area contributed by atoms with Gasteiger partial charge in [0.1, 0.15) is 6.61 Å². The highest BCUT2D eigenvalue weighted by Crippen LogP contribution is 2.14. The molecule has 144 valence electrons. The predicted octanol–water partition coefficient (Wildman–Crippen LogP) is 2.43. The van der Waals surface area contributed by atoms with Gasteiger partial charge in [-0.3, -0.25) is 4.79 Å². The highest BCUT2D eigenvalue weighted by Gasteiger charge is 2.20. The number of alkyl halides is 1. The normalized spacial score (nSPS) is 12.6. The van der Waals surface area contributed by atoms with Gasteiger partial charge in [0.05, 0.1) is 49.8 Å². The molecule has 0 amide bonds. The van der Waals surface area contributed by atoms with Gasteiger partial charge in [0.15, 0.2) is 5.78 Å². The molecule has 0 radical (unpaired) electrons. The molecule has 0 rings (SSSR count). The SMILES string of the molecule is CC(C)(I)NCCOCCOCCOCCOCC(=O)C(C)(C)C. The van der Waals surface area contributed by atoms with E-state index in [9.17, 15) is 4.79 Å². The van der Waals surface area contributed by atoms with Crippen LogP contribution in [-0.2, 0) is 23.7 Å². The first-order valence-electron chi connectivity index (χ1n) is 8.41. The molecule has 24 heavy (non-hydrogen) atoms. The first kappa shape index (κ1) is 24.2. The molecule has 0 saturated carbocycles. The summed E-state index contributed by atoms with van der Waals surface area (Å²) in [5, 5.41) is 3.34. The Kier molecular flexibility index (Phi) is 13.5. The monoisotopic (exact) mass is 459 g/mol. The molecule has 0 bridgehead atoms. The van der Waals surface area contributed by atoms with Crippen LogP contribution in [0.15, 0.2) is 0 Å². The summed E-state index contributed by atoms with van der Waals surface area (Å²) in [6.07, 6.45) is 0. The number of nitrogens with one attached hydrogen (secondary N) is 1. The number of ketones is 1. The summed E-state index contributed by atoms with van der Waals surface area (Å²) >= 11 is 2.35. The van der Waals surface area contributed by atoms with Crippen molar-refractivity contribution in [1.29, 1.82) is 0 Å². The van der Waals surface area contributed by atoms with Crippen LogP contribution < -0.4 is 5.32 Å². The number of halogens is 1. The van der Waals surface area contributed by atoms with Crippen molar-refractivity contribution in [2.45, 2.75) is 38.2 Å². The van der Waals surface area contributed by atoms with E-state index in [4.69, 9.17) is 18.9 Å². The maximum Gasteiger partial charge on any atom is 0.163 e. The summed E-state index contributed by atoms with van der Waals surface area (Å²) in [6, 6.07) is 0. The first-order valence-corrected chi connectivity index (χ1v) is 9.49. The standard InChI is InChI=1S/C17H34INO5/c1-16(2,3)15(20)14-24-13-12-23-11-10-22-9-8-21-7-6-19-17(4,5)18/h19H,6-14H2,1-5H3. The van der Waals surface area contributed by atoms with Crippen molar-refractivity contribution in [1.82, 2.24) is 5.32 Å². The highest BCUT2D eigenvalue weighted by molar-refractivity contribution is 14.1. The van der Waals surface area contributed by atoms with Crippen LogP contribution in [0, 0.1) is 5.41 Å². The summed E-state index contributed by atoms with van der Waals surface area (Å²) in [4.78, 5) is 11.6. The number of rotatable bonds is 15. The molecule has 6 nitrogen and oxygen atoms in total. The second kappa shape index (κ2) is 13.4. The Labute approximate surface area is 160 Å². The summed E-state index contributed by atoms with van der Waals surface area (Å²) in [5.41, 5.74) is -0.348. The average Bonchev–Trinajstić information content (AvgIpc) is 2.45. The second-order valence-corrected chi connectivity index (χ2v) is 9.66. The van der Waals surface area contributed by atoms with Crippen molar-refractivity contribution in [3.05, 3.63) is 0 Å². The summed E-state index contributed by atoms with van der Waals surface area (Å²) in [6.45, 7) is 14.6. The number of carbonyl (C=O) groups excluding carboxylic acids is 1. The highest BCUT2D eigenvalue weighted by atomic mass is 127. The molecule has 0 aromatic heterocycles. The Morgan fingerprint density at radius 3 is 1.62 bits per heavy atom. The molecule has 0 spiro atoms. The minimum absolute atomic E-state index is 0.0959. The van der Waals surface area contributed by atoms with Gasteiger partial charge in [-0.15, -0.1) is 0 Å². The maximum absolute atomic E-state index is 11.6. The Balaban J connectivity index is 3.20. The summed E-state index contributed by atoms with van der Waals surface area (Å²) < 4.78 is 21.6. The van der Waals surface area contributed by atoms with Crippen LogP contribution in [0.25, 0.3) is 0 Å². The molecule has 1 N–H and O–H groups in total. The fourth-order valence-corrected chi connectivity index (χ4v) is 1.73. The lowest BCUT2D eigenvalue weighted by Crippen LogP contribution is -2.35. The molecule has 0 unspecified atom stereocenters. The Hall–Kier alpha value is 0.200. The van der Waals surface area contributed by atoms with E-state index in [2.05, 4.69) is 41.8 Å². The van der Waals surface area contributed by atoms with E-state index in [0.29, 0.717) is 46.2 Å². The van der Waals surface area contributed by atoms with Crippen molar-refractivity contribution in [3.8, 4) is 0 Å². The Bertz CT molecular complexity index is 326. The zero-order chi connectivity index (χ0) is 18.5. The third kappa shape index (κ3) is 17.0. The molecule has 0 atom stereocenters. The van der Waals surface area contributed by atoms with Gasteiger partial charge in [-0.05, 0) is 13.8 Å². The van der Waals surface area contributed by atoms with E-state index >= 15 is 0 Å². The van der Waals surface area contributed by atoms with Gasteiger partial charge in [0.25, 0.3) is 0 Å². The van der Waals surface area contributed by atoms with Gasteiger partial charge in [0.2, 0.25) is 0 Å². The fraction of sp³-hybridized carbons (Fsp3) is 0.941. The van der Waals surface area contributed by atoms with Crippen molar-refractivity contribution in [2.75, 3.05) is 59.4 Å². The summed E-state index contributed by atoms with van der Waals surface area (Å²) in [5.74, 6) is 0.100. The van der Waals surface area contributed by atoms with Crippen LogP contribution in [0.2, 0.25) is 0 Å². The van der Waals surface area contributed by atoms with Crippen LogP contribution in [0.1, 0.15) is 34.6 Å². The van der Waals surface area contributed by atoms with Crippen LogP contribution >= 0.6 is 22.6 Å². The minimum atomic E-state index is -0.348. The molecule has 0 aliphatic heterocycles. The number of Topliss-reactive ketones (excluding diaryl/α,β-unsaturated/α-hetero) is 1. The van der Waals surface area contributed by atoms with E-state index in [1.807, 2.05) is 20.8 Å². The number of ether oxygens (including phenoxy) is 4. The van der Waals surface area contributed by atoms with Crippen molar-refractivity contribution < 1.29 is 23.7 Å². The van der Waals surface area contributed by atoms with Crippen LogP contribution in [-0.4, -0.2) is 68.7 Å². The third-order valence-electron chi connectivity index (χ3n) is 2.98. The van der Waals surface area contributed by atoms with Gasteiger partial charge < -0.3 is 24.3 Å². The van der Waals surface area contributed by atoms with Gasteiger partial charge in [-0.2, -0.15) is 0 Å². The van der Waals surface area contributed by atoms with Gasteiger partial charge in [-0.25, -0.2) is 0 Å². The number of hydrogen-bond donors (Lipinski definition) is 1. The van der Waals surface area contributed by atoms with Crippen molar-refractivity contribution >= 4 is 28.4 Å². The lowest BCUT2D eigenvalue weighted by Gasteiger charge is -2.18. The average molecular weight is 459 g/mol. The van der Waals surface area contributed by atoms with Gasteiger partial charge in [0, 0.05) is 12.0 Å². The predicted molar refractivity (Wildman–Crippen MR) is 104 cm³/mol. The molecule has 0 aliphatic carbocycles. The smallest absolute Gasteiger partial charge is 0.163 e. The molecular weight excluding hydrogens is 425 g/mol. The van der Waals surface area contributed by atoms with E-state index in [1.165, 1.54) is 0 Å². The third-order valence-corrected chi connectivity index (χ3v) is 3.36. The molecule has 0 aromatic carbocycles. The molecule has 0 heterocycles. The van der Waals surface area contributed by atoms with E-state index in [1.54, 1.807) is 0 Å². The molecule has 0 fully saturated rings. The van der Waals surface area contributed by atoms with E-state index in [-0.39, 0.29) is 21.4 Å². The zero-order valence-corrected chi connectivity index (χ0v) is 17.9. The lowest BCUT2D eigenvalue weighted by atomic mass is 9.91. The first-order chi connectivity index (χ1) is 11.1. The van der Waals surface area contributed by atoms with Crippen molar-refractivity contribution in [2.24, 2.45) is 5.41 Å². The second-order valence-electron chi connectivity index (χ2n) is 6.96. The van der Waals surface area contributed by atoms with Crippen LogP contribution in [0.5, 0.6) is 0 Å². The van der Waals surface area contributed by atoms with E-state index < -0.39 is 0 Å². The molecule has 7 heteroatoms. The number of hydrogen-bond acceptors (Lipinski definition) is 6. The Morgan fingerprint density at radius 2 is 1.21 bits per heavy atom. The lowest BCUT2D eigenvalue weighted by molar-refractivity contribution is -0.131. The number of carbonyl (C=O) groups is 1. The van der Waals surface area contributed by atoms with Crippen LogP contribution in [0.3, 0.4) is 0 Å². The zero-order valence-electron chi connectivity index (χ0n) is 15.8. The molecule has 0 aliphatic rings. The van der Waals surface area contributed by atoms with Crippen molar-refractivity contribution in [3.63, 3.8) is 0 Å². The van der Waals surface area contributed by atoms with E-state index in [0.717, 1.165) is 6.54 Å².